The van der Waals surface area contributed by atoms with Crippen LogP contribution in [0.5, 0.6) is 5.75 Å². The number of H-pyrrole nitrogens is 1. The Labute approximate surface area is 265 Å². The number of hydrogen-bond acceptors (Lipinski definition) is 7. The molecule has 222 valence electrons. The van der Waals surface area contributed by atoms with Gasteiger partial charge < -0.3 is 15.0 Å². The van der Waals surface area contributed by atoms with E-state index in [1.165, 1.54) is 16.2 Å². The Bertz CT molecular complexity index is 1840. The number of hydrogen-bond donors (Lipinski definition) is 2. The average molecular weight is 644 g/mol. The number of carbonyl (C=O) groups excluding carboxylic acids is 3. The Morgan fingerprint density at radius 1 is 0.932 bits per heavy atom. The Balaban J connectivity index is 1.06. The lowest BCUT2D eigenvalue weighted by molar-refractivity contribution is -0.123. The predicted octanol–water partition coefficient (Wildman–Crippen LogP) is 5.79. The summed E-state index contributed by atoms with van der Waals surface area (Å²) in [7, 11) is 0. The number of thiazole rings is 1. The smallest absolute Gasteiger partial charge is 0.305 e. The summed E-state index contributed by atoms with van der Waals surface area (Å²) in [6.07, 6.45) is 0.816. The fraction of sp³-hybridized carbons (Fsp3) is 0.273. The number of fused-ring (bicyclic) bond motifs is 9. The number of thioether (sulfide) groups is 1. The Kier molecular flexibility index (Phi) is 6.69. The average Bonchev–Trinajstić information content (AvgIpc) is 3.76. The van der Waals surface area contributed by atoms with Crippen molar-refractivity contribution in [1.29, 1.82) is 0 Å². The highest BCUT2D eigenvalue weighted by atomic mass is 35.5. The summed E-state index contributed by atoms with van der Waals surface area (Å²) in [5, 5.41) is 4.32. The zero-order valence-corrected chi connectivity index (χ0v) is 25.5. The molecule has 7 atom stereocenters. The van der Waals surface area contributed by atoms with Gasteiger partial charge in [-0.1, -0.05) is 53.3 Å². The standard InChI is InChI=1S/C33H26ClN3O5S2/c34-17-8-10-19(11-9-17)37-31(39)26-21-14-22(27(26)32(37)40)28-25(21)24(29-30(43-28)36-33(41)44-29)16-6-12-20(13-7-16)42-15-23(38)35-18-4-2-1-3-5-18/h1-13,21-22,24-28H,14-15H2,(H,35,38)(H,36,41)/t21?,22?,24-,25?,26?,27?,28?/m1/s1. The number of carbonyl (C=O) groups is 3. The van der Waals surface area contributed by atoms with E-state index in [-0.39, 0.29) is 70.0 Å². The normalized spacial score (nSPS) is 28.0. The fourth-order valence-electron chi connectivity index (χ4n) is 7.87. The fourth-order valence-corrected chi connectivity index (χ4v) is 10.9. The number of anilines is 2. The summed E-state index contributed by atoms with van der Waals surface area (Å²) in [5.41, 5.74) is 2.28. The van der Waals surface area contributed by atoms with Crippen LogP contribution in [0.2, 0.25) is 5.02 Å². The summed E-state index contributed by atoms with van der Waals surface area (Å²) >= 11 is 8.96. The minimum Gasteiger partial charge on any atom is -0.484 e. The van der Waals surface area contributed by atoms with E-state index in [2.05, 4.69) is 10.3 Å². The number of benzene rings is 3. The number of amides is 3. The number of nitrogens with zero attached hydrogens (tertiary/aromatic N) is 1. The molecule has 4 aliphatic rings. The maximum absolute atomic E-state index is 13.9. The van der Waals surface area contributed by atoms with Gasteiger partial charge in [0.25, 0.3) is 5.91 Å². The van der Waals surface area contributed by atoms with Crippen LogP contribution in [0.1, 0.15) is 22.8 Å². The lowest BCUT2D eigenvalue weighted by Crippen LogP contribution is -2.42. The van der Waals surface area contributed by atoms with Gasteiger partial charge in [-0.05, 0) is 78.3 Å². The third kappa shape index (κ3) is 4.42. The predicted molar refractivity (Wildman–Crippen MR) is 169 cm³/mol. The number of ether oxygens (including phenoxy) is 1. The van der Waals surface area contributed by atoms with Gasteiger partial charge in [0, 0.05) is 26.8 Å². The number of aromatic nitrogens is 1. The number of aromatic amines is 1. The summed E-state index contributed by atoms with van der Waals surface area (Å²) in [6.45, 7) is -0.129. The molecule has 3 heterocycles. The van der Waals surface area contributed by atoms with Crippen LogP contribution in [-0.2, 0) is 14.4 Å². The second-order valence-electron chi connectivity index (χ2n) is 11.7. The van der Waals surface area contributed by atoms with Gasteiger partial charge in [0.05, 0.1) is 22.5 Å². The molecule has 3 fully saturated rings. The number of halogens is 1. The first-order valence-corrected chi connectivity index (χ1v) is 16.6. The first-order valence-electron chi connectivity index (χ1n) is 14.5. The van der Waals surface area contributed by atoms with E-state index in [0.717, 1.165) is 21.9 Å². The van der Waals surface area contributed by atoms with Gasteiger partial charge >= 0.3 is 4.87 Å². The quantitative estimate of drug-likeness (QED) is 0.258. The van der Waals surface area contributed by atoms with E-state index in [1.54, 1.807) is 36.0 Å². The second-order valence-corrected chi connectivity index (χ2v) is 14.4. The monoisotopic (exact) mass is 643 g/mol. The first-order chi connectivity index (χ1) is 21.4. The molecule has 3 amide bonds. The van der Waals surface area contributed by atoms with Crippen molar-refractivity contribution in [3.63, 3.8) is 0 Å². The van der Waals surface area contributed by atoms with Crippen molar-refractivity contribution in [3.8, 4) is 5.75 Å². The van der Waals surface area contributed by atoms with Crippen molar-refractivity contribution in [2.75, 3.05) is 16.8 Å². The first kappa shape index (κ1) is 27.7. The van der Waals surface area contributed by atoms with Crippen molar-refractivity contribution in [1.82, 2.24) is 4.98 Å². The molecule has 2 N–H and O–H groups in total. The van der Waals surface area contributed by atoms with E-state index in [9.17, 15) is 19.2 Å². The maximum Gasteiger partial charge on any atom is 0.305 e. The summed E-state index contributed by atoms with van der Waals surface area (Å²) in [4.78, 5) is 57.9. The highest BCUT2D eigenvalue weighted by Crippen LogP contribution is 2.68. The van der Waals surface area contributed by atoms with Gasteiger partial charge in [0.2, 0.25) is 11.8 Å². The molecule has 2 aliphatic carbocycles. The van der Waals surface area contributed by atoms with Crippen LogP contribution in [-0.4, -0.2) is 34.6 Å². The molecule has 3 aromatic carbocycles. The summed E-state index contributed by atoms with van der Waals surface area (Å²) < 4.78 is 5.77. The van der Waals surface area contributed by atoms with E-state index in [0.29, 0.717) is 22.1 Å². The van der Waals surface area contributed by atoms with Crippen molar-refractivity contribution in [2.45, 2.75) is 22.6 Å². The zero-order chi connectivity index (χ0) is 30.1. The molecule has 0 spiro atoms. The largest absolute Gasteiger partial charge is 0.484 e. The summed E-state index contributed by atoms with van der Waals surface area (Å²) in [6, 6.07) is 23.7. The Morgan fingerprint density at radius 2 is 1.64 bits per heavy atom. The van der Waals surface area contributed by atoms with Gasteiger partial charge in [0.1, 0.15) is 5.75 Å². The maximum atomic E-state index is 13.9. The molecular formula is C33H26ClN3O5S2. The van der Waals surface area contributed by atoms with Gasteiger partial charge in [-0.15, -0.1) is 11.8 Å². The Hall–Kier alpha value is -3.86. The summed E-state index contributed by atoms with van der Waals surface area (Å²) in [5.74, 6) is -0.649. The lowest BCUT2D eigenvalue weighted by atomic mass is 9.68. The van der Waals surface area contributed by atoms with Crippen LogP contribution >= 0.6 is 34.7 Å². The van der Waals surface area contributed by atoms with Crippen LogP contribution in [0.4, 0.5) is 11.4 Å². The highest BCUT2D eigenvalue weighted by molar-refractivity contribution is 8.00. The van der Waals surface area contributed by atoms with Gasteiger partial charge in [-0.3, -0.25) is 24.1 Å². The van der Waals surface area contributed by atoms with Gasteiger partial charge in [-0.25, -0.2) is 0 Å². The van der Waals surface area contributed by atoms with Crippen LogP contribution < -0.4 is 19.8 Å². The number of imide groups is 1. The molecule has 11 heteroatoms. The minimum absolute atomic E-state index is 0.0178. The van der Waals surface area contributed by atoms with Crippen LogP contribution in [0, 0.1) is 29.6 Å². The highest BCUT2D eigenvalue weighted by Gasteiger charge is 2.69. The zero-order valence-electron chi connectivity index (χ0n) is 23.1. The lowest BCUT2D eigenvalue weighted by Gasteiger charge is -2.43. The molecule has 1 saturated heterocycles. The third-order valence-corrected chi connectivity index (χ3v) is 12.3. The minimum atomic E-state index is -0.379. The molecule has 2 saturated carbocycles. The van der Waals surface area contributed by atoms with Crippen LogP contribution in [0.15, 0.2) is 88.7 Å². The molecular weight excluding hydrogens is 618 g/mol. The Morgan fingerprint density at radius 3 is 2.36 bits per heavy atom. The van der Waals surface area contributed by atoms with Crippen molar-refractivity contribution in [3.05, 3.63) is 104 Å². The topological polar surface area (TPSA) is 109 Å². The molecule has 2 aliphatic heterocycles. The van der Waals surface area contributed by atoms with E-state index < -0.39 is 0 Å². The van der Waals surface area contributed by atoms with Crippen molar-refractivity contribution < 1.29 is 19.1 Å². The molecule has 6 unspecified atom stereocenters. The molecule has 44 heavy (non-hydrogen) atoms. The van der Waals surface area contributed by atoms with E-state index >= 15 is 0 Å². The van der Waals surface area contributed by atoms with Gasteiger partial charge in [0.15, 0.2) is 6.61 Å². The van der Waals surface area contributed by atoms with Gasteiger partial charge in [-0.2, -0.15) is 0 Å². The number of para-hydroxylation sites is 1. The molecule has 8 nitrogen and oxygen atoms in total. The molecule has 2 bridgehead atoms. The molecule has 1 aromatic heterocycles. The van der Waals surface area contributed by atoms with Crippen LogP contribution in [0.25, 0.3) is 0 Å². The second kappa shape index (κ2) is 10.6. The molecule has 8 rings (SSSR count). The van der Waals surface area contributed by atoms with Crippen LogP contribution in [0.3, 0.4) is 0 Å². The van der Waals surface area contributed by atoms with Crippen molar-refractivity contribution in [2.24, 2.45) is 29.6 Å². The third-order valence-electron chi connectivity index (χ3n) is 9.48. The SMILES string of the molecule is O=C(COc1ccc([C@H]2c3sc(=O)[nH]c3SC3C4CC(C5C(=O)N(c6ccc(Cl)cc6)C(=O)C45)C32)cc1)Nc1ccccc1. The number of nitrogens with one attached hydrogen (secondary N) is 2. The molecule has 4 aromatic rings. The van der Waals surface area contributed by atoms with Crippen molar-refractivity contribution >= 4 is 63.8 Å². The number of rotatable bonds is 6. The van der Waals surface area contributed by atoms with E-state index in [4.69, 9.17) is 16.3 Å². The van der Waals surface area contributed by atoms with E-state index in [1.807, 2.05) is 54.6 Å². The molecule has 0 radical (unpaired) electrons.